The molecular weight excluding hydrogens is 198 g/mol. The fourth-order valence-electron chi connectivity index (χ4n) is 1.73. The van der Waals surface area contributed by atoms with Gasteiger partial charge in [-0.25, -0.2) is 0 Å². The van der Waals surface area contributed by atoms with E-state index in [0.29, 0.717) is 0 Å². The number of rotatable bonds is 3. The third-order valence-electron chi connectivity index (χ3n) is 2.73. The van der Waals surface area contributed by atoms with Gasteiger partial charge in [0.05, 0.1) is 6.20 Å². The van der Waals surface area contributed by atoms with Crippen LogP contribution in [0, 0.1) is 6.92 Å². The summed E-state index contributed by atoms with van der Waals surface area (Å²) in [6.45, 7) is 2.09. The molecule has 84 valence electrons. The highest BCUT2D eigenvalue weighted by atomic mass is 15.2. The minimum atomic E-state index is 0.0245. The van der Waals surface area contributed by atoms with Gasteiger partial charge in [-0.2, -0.15) is 5.10 Å². The molecule has 3 heteroatoms. The lowest BCUT2D eigenvalue weighted by molar-refractivity contribution is 0.717. The third kappa shape index (κ3) is 2.49. The van der Waals surface area contributed by atoms with E-state index in [0.717, 1.165) is 12.0 Å². The molecule has 2 rings (SSSR count). The molecule has 3 nitrogen and oxygen atoms in total. The molecule has 0 radical (unpaired) electrons. The van der Waals surface area contributed by atoms with Crippen LogP contribution in [0.1, 0.15) is 22.7 Å². The Bertz CT molecular complexity index is 456. The predicted octanol–water partition coefficient (Wildman–Crippen LogP) is 1.97. The molecular formula is C13H17N3. The molecule has 1 heterocycles. The smallest absolute Gasteiger partial charge is 0.0537 e. The molecule has 0 saturated heterocycles. The minimum Gasteiger partial charge on any atom is -0.324 e. The highest BCUT2D eigenvalue weighted by Crippen LogP contribution is 2.15. The summed E-state index contributed by atoms with van der Waals surface area (Å²) in [5.74, 6) is 0. The highest BCUT2D eigenvalue weighted by molar-refractivity contribution is 5.24. The quantitative estimate of drug-likeness (QED) is 0.850. The number of hydrogen-bond donors (Lipinski definition) is 1. The Hall–Kier alpha value is -1.61. The zero-order chi connectivity index (χ0) is 11.5. The molecule has 16 heavy (non-hydrogen) atoms. The number of benzene rings is 1. The zero-order valence-electron chi connectivity index (χ0n) is 9.72. The van der Waals surface area contributed by atoms with Crippen LogP contribution in [0.4, 0.5) is 0 Å². The van der Waals surface area contributed by atoms with Crippen LogP contribution in [0.3, 0.4) is 0 Å². The van der Waals surface area contributed by atoms with Crippen molar-refractivity contribution >= 4 is 0 Å². The van der Waals surface area contributed by atoms with Crippen molar-refractivity contribution in [3.63, 3.8) is 0 Å². The summed E-state index contributed by atoms with van der Waals surface area (Å²) >= 11 is 0. The molecule has 1 atom stereocenters. The van der Waals surface area contributed by atoms with E-state index in [2.05, 4.69) is 36.3 Å². The van der Waals surface area contributed by atoms with Crippen LogP contribution in [0.15, 0.2) is 36.7 Å². The Morgan fingerprint density at radius 3 is 2.56 bits per heavy atom. The maximum Gasteiger partial charge on any atom is 0.0537 e. The van der Waals surface area contributed by atoms with Gasteiger partial charge in [-0.05, 0) is 18.9 Å². The van der Waals surface area contributed by atoms with Gasteiger partial charge in [0.15, 0.2) is 0 Å². The second kappa shape index (κ2) is 4.49. The topological polar surface area (TPSA) is 43.8 Å². The van der Waals surface area contributed by atoms with Crippen molar-refractivity contribution in [2.45, 2.75) is 19.4 Å². The summed E-state index contributed by atoms with van der Waals surface area (Å²) in [5.41, 5.74) is 9.75. The Kier molecular flexibility index (Phi) is 3.06. The van der Waals surface area contributed by atoms with Crippen LogP contribution < -0.4 is 5.73 Å². The summed E-state index contributed by atoms with van der Waals surface area (Å²) in [7, 11) is 1.90. The van der Waals surface area contributed by atoms with Crippen LogP contribution in [0.25, 0.3) is 0 Å². The van der Waals surface area contributed by atoms with Crippen LogP contribution >= 0.6 is 0 Å². The van der Waals surface area contributed by atoms with E-state index in [-0.39, 0.29) is 6.04 Å². The van der Waals surface area contributed by atoms with E-state index in [9.17, 15) is 0 Å². The van der Waals surface area contributed by atoms with E-state index in [4.69, 9.17) is 5.73 Å². The van der Waals surface area contributed by atoms with Crippen molar-refractivity contribution < 1.29 is 0 Å². The predicted molar refractivity (Wildman–Crippen MR) is 65.0 cm³/mol. The van der Waals surface area contributed by atoms with Gasteiger partial charge >= 0.3 is 0 Å². The van der Waals surface area contributed by atoms with Crippen molar-refractivity contribution in [1.29, 1.82) is 0 Å². The maximum absolute atomic E-state index is 6.13. The lowest BCUT2D eigenvalue weighted by Crippen LogP contribution is -2.12. The van der Waals surface area contributed by atoms with Crippen molar-refractivity contribution in [3.8, 4) is 0 Å². The Morgan fingerprint density at radius 2 is 2.00 bits per heavy atom. The summed E-state index contributed by atoms with van der Waals surface area (Å²) < 4.78 is 1.78. The molecule has 0 amide bonds. The van der Waals surface area contributed by atoms with Crippen LogP contribution in [0.2, 0.25) is 0 Å². The number of nitrogens with zero attached hydrogens (tertiary/aromatic N) is 2. The van der Waals surface area contributed by atoms with E-state index in [1.165, 1.54) is 11.1 Å². The summed E-state index contributed by atoms with van der Waals surface area (Å²) in [6, 6.07) is 8.52. The van der Waals surface area contributed by atoms with Gasteiger partial charge in [0.1, 0.15) is 0 Å². The first kappa shape index (κ1) is 10.9. The first-order valence-electron chi connectivity index (χ1n) is 5.45. The number of aromatic nitrogens is 2. The highest BCUT2D eigenvalue weighted by Gasteiger charge is 2.08. The van der Waals surface area contributed by atoms with Gasteiger partial charge in [0, 0.05) is 24.8 Å². The van der Waals surface area contributed by atoms with E-state index in [1.54, 1.807) is 4.68 Å². The Labute approximate surface area is 95.9 Å². The molecule has 1 aromatic heterocycles. The second-order valence-corrected chi connectivity index (χ2v) is 4.24. The lowest BCUT2D eigenvalue weighted by Gasteiger charge is -2.09. The number of aryl methyl sites for hydroxylation is 2. The molecule has 2 N–H and O–H groups in total. The summed E-state index contributed by atoms with van der Waals surface area (Å²) in [5, 5.41) is 4.13. The molecule has 1 unspecified atom stereocenters. The fraction of sp³-hybridized carbons (Fsp3) is 0.308. The molecule has 0 aliphatic heterocycles. The van der Waals surface area contributed by atoms with Gasteiger partial charge in [0.2, 0.25) is 0 Å². The molecule has 0 aliphatic rings. The maximum atomic E-state index is 6.13. The molecule has 1 aromatic carbocycles. The van der Waals surface area contributed by atoms with Crippen molar-refractivity contribution in [2.75, 3.05) is 0 Å². The number of hydrogen-bond acceptors (Lipinski definition) is 2. The average Bonchev–Trinajstić information content (AvgIpc) is 2.68. The van der Waals surface area contributed by atoms with Crippen molar-refractivity contribution in [3.05, 3.63) is 53.3 Å². The average molecular weight is 215 g/mol. The van der Waals surface area contributed by atoms with Gasteiger partial charge in [0.25, 0.3) is 0 Å². The summed E-state index contributed by atoms with van der Waals surface area (Å²) in [6.07, 6.45) is 4.66. The monoisotopic (exact) mass is 215 g/mol. The van der Waals surface area contributed by atoms with Crippen LogP contribution in [-0.4, -0.2) is 9.78 Å². The van der Waals surface area contributed by atoms with Crippen LogP contribution in [-0.2, 0) is 13.5 Å². The summed E-state index contributed by atoms with van der Waals surface area (Å²) in [4.78, 5) is 0. The Morgan fingerprint density at radius 1 is 1.31 bits per heavy atom. The second-order valence-electron chi connectivity index (χ2n) is 4.24. The van der Waals surface area contributed by atoms with E-state index in [1.807, 2.05) is 19.4 Å². The fourth-order valence-corrected chi connectivity index (χ4v) is 1.73. The molecule has 0 fully saturated rings. The molecule has 0 saturated carbocycles. The standard InChI is InChI=1S/C13H17N3/c1-10-3-5-11(6-4-10)7-13(14)12-8-15-16(2)9-12/h3-6,8-9,13H,7,14H2,1-2H3. The first-order chi connectivity index (χ1) is 7.65. The first-order valence-corrected chi connectivity index (χ1v) is 5.45. The normalized spacial score (nSPS) is 12.7. The largest absolute Gasteiger partial charge is 0.324 e. The van der Waals surface area contributed by atoms with E-state index >= 15 is 0 Å². The molecule has 0 bridgehead atoms. The molecule has 2 aromatic rings. The Balaban J connectivity index is 2.07. The van der Waals surface area contributed by atoms with Crippen LogP contribution in [0.5, 0.6) is 0 Å². The van der Waals surface area contributed by atoms with Gasteiger partial charge in [-0.3, -0.25) is 4.68 Å². The van der Waals surface area contributed by atoms with Crippen molar-refractivity contribution in [2.24, 2.45) is 12.8 Å². The third-order valence-corrected chi connectivity index (χ3v) is 2.73. The van der Waals surface area contributed by atoms with E-state index < -0.39 is 0 Å². The zero-order valence-corrected chi connectivity index (χ0v) is 9.72. The minimum absolute atomic E-state index is 0.0245. The van der Waals surface area contributed by atoms with Gasteiger partial charge < -0.3 is 5.73 Å². The van der Waals surface area contributed by atoms with Gasteiger partial charge in [-0.15, -0.1) is 0 Å². The van der Waals surface area contributed by atoms with Gasteiger partial charge in [-0.1, -0.05) is 29.8 Å². The number of nitrogens with two attached hydrogens (primary N) is 1. The lowest BCUT2D eigenvalue weighted by atomic mass is 10.0. The van der Waals surface area contributed by atoms with Crippen molar-refractivity contribution in [1.82, 2.24) is 9.78 Å². The molecule has 0 spiro atoms. The molecule has 0 aliphatic carbocycles. The SMILES string of the molecule is Cc1ccc(CC(N)c2cnn(C)c2)cc1.